The Balaban J connectivity index is 1.96. The zero-order valence-electron chi connectivity index (χ0n) is 13.0. The quantitative estimate of drug-likeness (QED) is 0.353. The highest BCUT2D eigenvalue weighted by Gasteiger charge is 2.17. The fourth-order valence-electron chi connectivity index (χ4n) is 2.52. The lowest BCUT2D eigenvalue weighted by Gasteiger charge is -2.13. The van der Waals surface area contributed by atoms with Crippen molar-refractivity contribution in [2.24, 2.45) is 0 Å². The van der Waals surface area contributed by atoms with Gasteiger partial charge in [0.15, 0.2) is 0 Å². The van der Waals surface area contributed by atoms with Crippen molar-refractivity contribution in [3.63, 3.8) is 0 Å². The summed E-state index contributed by atoms with van der Waals surface area (Å²) in [4.78, 5) is 4.84. The summed E-state index contributed by atoms with van der Waals surface area (Å²) in [7, 11) is 0. The predicted octanol–water partition coefficient (Wildman–Crippen LogP) is 6.71. The van der Waals surface area contributed by atoms with E-state index in [1.807, 2.05) is 12.1 Å². The zero-order chi connectivity index (χ0) is 15.8. The van der Waals surface area contributed by atoms with Crippen molar-refractivity contribution in [2.75, 3.05) is 0 Å². The molecular formula is C20H16OS2. The van der Waals surface area contributed by atoms with Crippen LogP contribution in [0, 0.1) is 13.8 Å². The van der Waals surface area contributed by atoms with E-state index in [1.165, 1.54) is 20.9 Å². The van der Waals surface area contributed by atoms with Crippen LogP contribution in [-0.2, 0) is 0 Å². The molecule has 0 saturated carbocycles. The van der Waals surface area contributed by atoms with Gasteiger partial charge in [0.1, 0.15) is 11.5 Å². The first-order valence-electron chi connectivity index (χ1n) is 7.53. The molecule has 4 rings (SSSR count). The molecule has 114 valence electrons. The van der Waals surface area contributed by atoms with Gasteiger partial charge in [-0.3, -0.25) is 0 Å². The minimum Gasteiger partial charge on any atom is -0.455 e. The van der Waals surface area contributed by atoms with Gasteiger partial charge in [-0.1, -0.05) is 47.8 Å². The Kier molecular flexibility index (Phi) is 3.83. The summed E-state index contributed by atoms with van der Waals surface area (Å²) in [5, 5.41) is 0. The van der Waals surface area contributed by atoms with Crippen LogP contribution >= 0.6 is 23.5 Å². The molecule has 0 amide bonds. The van der Waals surface area contributed by atoms with E-state index in [-0.39, 0.29) is 0 Å². The summed E-state index contributed by atoms with van der Waals surface area (Å²) < 4.78 is 6.29. The second-order valence-electron chi connectivity index (χ2n) is 5.58. The van der Waals surface area contributed by atoms with Crippen LogP contribution in [0.5, 0.6) is 11.5 Å². The van der Waals surface area contributed by atoms with Crippen molar-refractivity contribution >= 4 is 23.5 Å². The van der Waals surface area contributed by atoms with Gasteiger partial charge in [0.25, 0.3) is 0 Å². The molecule has 0 spiro atoms. The molecule has 1 heterocycles. The molecule has 1 aliphatic heterocycles. The van der Waals surface area contributed by atoms with Gasteiger partial charge in [0.05, 0.1) is 9.79 Å². The monoisotopic (exact) mass is 336 g/mol. The number of rotatable bonds is 0. The molecule has 3 heteroatoms. The van der Waals surface area contributed by atoms with E-state index in [0.717, 1.165) is 21.3 Å². The van der Waals surface area contributed by atoms with E-state index in [1.54, 1.807) is 23.5 Å². The average Bonchev–Trinajstić information content (AvgIpc) is 2.61. The number of hydrogen-bond donors (Lipinski definition) is 0. The molecule has 0 N–H and O–H groups in total. The summed E-state index contributed by atoms with van der Waals surface area (Å²) in [6, 6.07) is 21.2. The van der Waals surface area contributed by atoms with E-state index in [9.17, 15) is 0 Å². The van der Waals surface area contributed by atoms with Gasteiger partial charge in [-0.25, -0.2) is 0 Å². The lowest BCUT2D eigenvalue weighted by molar-refractivity contribution is 0.459. The maximum atomic E-state index is 6.29. The third-order valence-corrected chi connectivity index (χ3v) is 6.30. The zero-order valence-corrected chi connectivity index (χ0v) is 14.6. The highest BCUT2D eigenvalue weighted by atomic mass is 32.2. The Morgan fingerprint density at radius 1 is 0.609 bits per heavy atom. The number of para-hydroxylation sites is 1. The maximum absolute atomic E-state index is 6.29. The van der Waals surface area contributed by atoms with E-state index >= 15 is 0 Å². The molecule has 0 unspecified atom stereocenters. The highest BCUT2D eigenvalue weighted by molar-refractivity contribution is 8.02. The summed E-state index contributed by atoms with van der Waals surface area (Å²) in [6.45, 7) is 4.28. The van der Waals surface area contributed by atoms with E-state index in [4.69, 9.17) is 4.74 Å². The molecule has 0 aromatic heterocycles. The third-order valence-electron chi connectivity index (χ3n) is 3.92. The molecule has 0 bridgehead atoms. The Labute approximate surface area is 145 Å². The van der Waals surface area contributed by atoms with Crippen LogP contribution < -0.4 is 4.74 Å². The second kappa shape index (κ2) is 5.99. The van der Waals surface area contributed by atoms with Gasteiger partial charge in [-0.15, -0.1) is 0 Å². The summed E-state index contributed by atoms with van der Waals surface area (Å²) >= 11 is 3.54. The lowest BCUT2D eigenvalue weighted by atomic mass is 10.1. The van der Waals surface area contributed by atoms with Crippen molar-refractivity contribution in [1.82, 2.24) is 0 Å². The molecule has 3 aromatic rings. The largest absolute Gasteiger partial charge is 0.455 e. The molecule has 23 heavy (non-hydrogen) atoms. The highest BCUT2D eigenvalue weighted by Crippen LogP contribution is 2.48. The third kappa shape index (κ3) is 2.87. The van der Waals surface area contributed by atoms with Gasteiger partial charge < -0.3 is 4.74 Å². The summed E-state index contributed by atoms with van der Waals surface area (Å²) in [5.74, 6) is 1.85. The Hall–Kier alpha value is -1.84. The molecule has 0 saturated heterocycles. The van der Waals surface area contributed by atoms with E-state index < -0.39 is 0 Å². The number of fused-ring (bicyclic) bond motifs is 3. The second-order valence-corrected chi connectivity index (χ2v) is 7.75. The molecule has 0 atom stereocenters. The van der Waals surface area contributed by atoms with Crippen LogP contribution in [0.3, 0.4) is 0 Å². The molecule has 0 aliphatic carbocycles. The van der Waals surface area contributed by atoms with E-state index in [0.29, 0.717) is 0 Å². The van der Waals surface area contributed by atoms with Gasteiger partial charge in [0, 0.05) is 9.79 Å². The minimum atomic E-state index is 0.916. The van der Waals surface area contributed by atoms with Crippen LogP contribution in [0.25, 0.3) is 0 Å². The van der Waals surface area contributed by atoms with Crippen molar-refractivity contribution in [3.05, 3.63) is 71.8 Å². The SMILES string of the molecule is Cc1cc2c(cc1C)Sc1ccccc1Sc1ccccc1O2. The predicted molar refractivity (Wildman–Crippen MR) is 97.1 cm³/mol. The number of ether oxygens (including phenoxy) is 1. The van der Waals surface area contributed by atoms with Crippen molar-refractivity contribution < 1.29 is 4.74 Å². The van der Waals surface area contributed by atoms with Crippen LogP contribution in [0.15, 0.2) is 80.2 Å². The number of hydrogen-bond acceptors (Lipinski definition) is 3. The van der Waals surface area contributed by atoms with Gasteiger partial charge >= 0.3 is 0 Å². The fraction of sp³-hybridized carbons (Fsp3) is 0.100. The standard InChI is InChI=1S/C20H16OS2/c1-13-11-16-20(12-14(13)2)23-19-10-6-5-9-18(19)22-17-8-4-3-7-15(17)21-16/h3-12H,1-2H3. The molecular weight excluding hydrogens is 320 g/mol. The maximum Gasteiger partial charge on any atom is 0.141 e. The number of aryl methyl sites for hydroxylation is 2. The first-order valence-corrected chi connectivity index (χ1v) is 9.17. The summed E-state index contributed by atoms with van der Waals surface area (Å²) in [6.07, 6.45) is 0. The van der Waals surface area contributed by atoms with Crippen molar-refractivity contribution in [3.8, 4) is 11.5 Å². The minimum absolute atomic E-state index is 0.916. The molecule has 1 aliphatic rings. The van der Waals surface area contributed by atoms with Crippen LogP contribution in [-0.4, -0.2) is 0 Å². The van der Waals surface area contributed by atoms with Crippen molar-refractivity contribution in [1.29, 1.82) is 0 Å². The molecule has 3 aromatic carbocycles. The Bertz CT molecular complexity index is 814. The van der Waals surface area contributed by atoms with Gasteiger partial charge in [-0.05, 0) is 61.4 Å². The summed E-state index contributed by atoms with van der Waals surface area (Å²) in [5.41, 5.74) is 2.54. The smallest absolute Gasteiger partial charge is 0.141 e. The Morgan fingerprint density at radius 2 is 1.17 bits per heavy atom. The van der Waals surface area contributed by atoms with Crippen LogP contribution in [0.2, 0.25) is 0 Å². The van der Waals surface area contributed by atoms with E-state index in [2.05, 4.69) is 62.4 Å². The van der Waals surface area contributed by atoms with Crippen LogP contribution in [0.4, 0.5) is 0 Å². The molecule has 0 radical (unpaired) electrons. The van der Waals surface area contributed by atoms with Crippen LogP contribution in [0.1, 0.15) is 11.1 Å². The fourth-order valence-corrected chi connectivity index (χ4v) is 4.66. The lowest BCUT2D eigenvalue weighted by Crippen LogP contribution is -1.91. The average molecular weight is 336 g/mol. The molecule has 0 fully saturated rings. The topological polar surface area (TPSA) is 9.23 Å². The Morgan fingerprint density at radius 3 is 1.91 bits per heavy atom. The normalized spacial score (nSPS) is 12.8. The van der Waals surface area contributed by atoms with Gasteiger partial charge in [0.2, 0.25) is 0 Å². The molecule has 1 nitrogen and oxygen atoms in total. The number of benzene rings is 3. The van der Waals surface area contributed by atoms with Gasteiger partial charge in [-0.2, -0.15) is 0 Å². The first kappa shape index (κ1) is 14.7. The first-order chi connectivity index (χ1) is 11.2. The van der Waals surface area contributed by atoms with Crippen molar-refractivity contribution in [2.45, 2.75) is 33.4 Å².